The summed E-state index contributed by atoms with van der Waals surface area (Å²) in [6, 6.07) is 23.7. The average molecular weight is 358 g/mol. The van der Waals surface area contributed by atoms with Crippen LogP contribution in [0.25, 0.3) is 23.2 Å². The van der Waals surface area contributed by atoms with Crippen molar-refractivity contribution in [1.82, 2.24) is 9.97 Å². The highest BCUT2D eigenvalue weighted by Gasteiger charge is 2.07. The predicted molar refractivity (Wildman–Crippen MR) is 110 cm³/mol. The standard InChI is InChI=1S/C22H16ClN3/c23-18-10-6-9-17(14-13-16-7-2-1-3-8-16)22(18)26-21-15-24-19-11-4-5-12-20(19)25-21/h1-15H,(H,25,26). The molecule has 0 fully saturated rings. The first kappa shape index (κ1) is 16.3. The number of para-hydroxylation sites is 3. The number of aromatic nitrogens is 2. The fraction of sp³-hybridized carbons (Fsp3) is 0. The van der Waals surface area contributed by atoms with E-state index in [0.29, 0.717) is 10.8 Å². The summed E-state index contributed by atoms with van der Waals surface area (Å²) in [5.41, 5.74) is 4.62. The van der Waals surface area contributed by atoms with Crippen LogP contribution in [0.5, 0.6) is 0 Å². The Morgan fingerprint density at radius 2 is 1.54 bits per heavy atom. The molecule has 0 saturated carbocycles. The number of nitrogens with zero attached hydrogens (tertiary/aromatic N) is 2. The van der Waals surface area contributed by atoms with Crippen LogP contribution >= 0.6 is 11.6 Å². The zero-order valence-corrected chi connectivity index (χ0v) is 14.7. The molecule has 3 aromatic carbocycles. The van der Waals surface area contributed by atoms with Crippen LogP contribution in [-0.2, 0) is 0 Å². The first-order chi connectivity index (χ1) is 12.8. The Morgan fingerprint density at radius 1 is 0.769 bits per heavy atom. The smallest absolute Gasteiger partial charge is 0.149 e. The van der Waals surface area contributed by atoms with E-state index in [1.807, 2.05) is 66.7 Å². The van der Waals surface area contributed by atoms with Crippen LogP contribution in [0.15, 0.2) is 79.0 Å². The van der Waals surface area contributed by atoms with Gasteiger partial charge >= 0.3 is 0 Å². The molecular formula is C22H16ClN3. The van der Waals surface area contributed by atoms with Crippen molar-refractivity contribution in [2.24, 2.45) is 0 Å². The number of halogens is 1. The normalized spacial score (nSPS) is 11.1. The molecule has 4 aromatic rings. The van der Waals surface area contributed by atoms with Gasteiger partial charge in [-0.1, -0.05) is 78.4 Å². The van der Waals surface area contributed by atoms with E-state index in [0.717, 1.165) is 27.8 Å². The largest absolute Gasteiger partial charge is 0.337 e. The number of fused-ring (bicyclic) bond motifs is 1. The van der Waals surface area contributed by atoms with Crippen LogP contribution in [0.3, 0.4) is 0 Å². The van der Waals surface area contributed by atoms with Crippen LogP contribution in [0.1, 0.15) is 11.1 Å². The number of anilines is 2. The number of hydrogen-bond donors (Lipinski definition) is 1. The van der Waals surface area contributed by atoms with Gasteiger partial charge in [0.2, 0.25) is 0 Å². The molecule has 0 saturated heterocycles. The van der Waals surface area contributed by atoms with Gasteiger partial charge in [0.05, 0.1) is 27.9 Å². The van der Waals surface area contributed by atoms with Gasteiger partial charge in [-0.2, -0.15) is 0 Å². The quantitative estimate of drug-likeness (QED) is 0.442. The molecule has 4 rings (SSSR count). The molecule has 3 nitrogen and oxygen atoms in total. The zero-order chi connectivity index (χ0) is 17.8. The summed E-state index contributed by atoms with van der Waals surface area (Å²) in [7, 11) is 0. The lowest BCUT2D eigenvalue weighted by molar-refractivity contribution is 1.28. The molecule has 1 aromatic heterocycles. The van der Waals surface area contributed by atoms with E-state index in [1.54, 1.807) is 6.20 Å². The van der Waals surface area contributed by atoms with Crippen LogP contribution < -0.4 is 5.32 Å². The molecule has 26 heavy (non-hydrogen) atoms. The van der Waals surface area contributed by atoms with Crippen LogP contribution in [0.4, 0.5) is 11.5 Å². The van der Waals surface area contributed by atoms with E-state index in [9.17, 15) is 0 Å². The second-order valence-electron chi connectivity index (χ2n) is 5.82. The topological polar surface area (TPSA) is 37.8 Å². The Balaban J connectivity index is 1.68. The molecule has 4 heteroatoms. The third-order valence-corrected chi connectivity index (χ3v) is 4.32. The lowest BCUT2D eigenvalue weighted by Crippen LogP contribution is -1.98. The molecule has 1 N–H and O–H groups in total. The Labute approximate surface area is 157 Å². The molecule has 0 aliphatic rings. The number of benzene rings is 3. The van der Waals surface area contributed by atoms with Gasteiger partial charge in [0.1, 0.15) is 5.82 Å². The minimum atomic E-state index is 0.634. The van der Waals surface area contributed by atoms with Gasteiger partial charge in [0.25, 0.3) is 0 Å². The highest BCUT2D eigenvalue weighted by molar-refractivity contribution is 6.33. The summed E-state index contributed by atoms with van der Waals surface area (Å²) >= 11 is 6.43. The first-order valence-corrected chi connectivity index (χ1v) is 8.68. The molecule has 0 aliphatic heterocycles. The summed E-state index contributed by atoms with van der Waals surface area (Å²) < 4.78 is 0. The number of nitrogens with one attached hydrogen (secondary N) is 1. The SMILES string of the molecule is Clc1cccc(C=Cc2ccccc2)c1Nc1cnc2ccccc2n1. The van der Waals surface area contributed by atoms with Crippen LogP contribution in [0.2, 0.25) is 5.02 Å². The van der Waals surface area contributed by atoms with Gasteiger partial charge in [0.15, 0.2) is 0 Å². The Morgan fingerprint density at radius 3 is 2.38 bits per heavy atom. The maximum atomic E-state index is 6.43. The van der Waals surface area contributed by atoms with Crippen molar-refractivity contribution in [3.63, 3.8) is 0 Å². The molecule has 0 bridgehead atoms. The molecular weight excluding hydrogens is 342 g/mol. The summed E-state index contributed by atoms with van der Waals surface area (Å²) in [4.78, 5) is 9.06. The second kappa shape index (κ2) is 7.38. The lowest BCUT2D eigenvalue weighted by Gasteiger charge is -2.11. The van der Waals surface area contributed by atoms with Crippen molar-refractivity contribution in [1.29, 1.82) is 0 Å². The van der Waals surface area contributed by atoms with Crippen molar-refractivity contribution in [3.05, 3.63) is 95.1 Å². The highest BCUT2D eigenvalue weighted by Crippen LogP contribution is 2.30. The maximum absolute atomic E-state index is 6.43. The van der Waals surface area contributed by atoms with Gasteiger partial charge in [0, 0.05) is 0 Å². The highest BCUT2D eigenvalue weighted by atomic mass is 35.5. The summed E-state index contributed by atoms with van der Waals surface area (Å²) in [5.74, 6) is 0.658. The molecule has 0 unspecified atom stereocenters. The van der Waals surface area contributed by atoms with Gasteiger partial charge in [-0.25, -0.2) is 4.98 Å². The summed E-state index contributed by atoms with van der Waals surface area (Å²) in [5, 5.41) is 3.95. The molecule has 1 heterocycles. The van der Waals surface area contributed by atoms with Crippen molar-refractivity contribution in [3.8, 4) is 0 Å². The fourth-order valence-electron chi connectivity index (χ4n) is 2.71. The minimum absolute atomic E-state index is 0.634. The Hall–Kier alpha value is -3.17. The average Bonchev–Trinajstić information content (AvgIpc) is 2.69. The fourth-order valence-corrected chi connectivity index (χ4v) is 2.94. The Bertz CT molecular complexity index is 1070. The van der Waals surface area contributed by atoms with Crippen molar-refractivity contribution < 1.29 is 0 Å². The lowest BCUT2D eigenvalue weighted by atomic mass is 10.1. The van der Waals surface area contributed by atoms with E-state index >= 15 is 0 Å². The molecule has 0 radical (unpaired) electrons. The monoisotopic (exact) mass is 357 g/mol. The maximum Gasteiger partial charge on any atom is 0.149 e. The van der Waals surface area contributed by atoms with E-state index in [1.165, 1.54) is 0 Å². The third kappa shape index (κ3) is 3.58. The Kier molecular flexibility index (Phi) is 4.63. The molecule has 0 aliphatic carbocycles. The van der Waals surface area contributed by atoms with Gasteiger partial charge in [-0.05, 0) is 29.3 Å². The van der Waals surface area contributed by atoms with E-state index in [2.05, 4.69) is 33.5 Å². The van der Waals surface area contributed by atoms with Crippen LogP contribution in [0, 0.1) is 0 Å². The molecule has 0 atom stereocenters. The van der Waals surface area contributed by atoms with Crippen LogP contribution in [-0.4, -0.2) is 9.97 Å². The summed E-state index contributed by atoms with van der Waals surface area (Å²) in [6.07, 6.45) is 5.82. The predicted octanol–water partition coefficient (Wildman–Crippen LogP) is 6.20. The first-order valence-electron chi connectivity index (χ1n) is 8.30. The molecule has 126 valence electrons. The van der Waals surface area contributed by atoms with Gasteiger partial charge in [-0.15, -0.1) is 0 Å². The number of hydrogen-bond acceptors (Lipinski definition) is 3. The van der Waals surface area contributed by atoms with Gasteiger partial charge < -0.3 is 5.32 Å². The van der Waals surface area contributed by atoms with E-state index in [-0.39, 0.29) is 0 Å². The molecule has 0 spiro atoms. The van der Waals surface area contributed by atoms with Crippen molar-refractivity contribution >= 4 is 46.3 Å². The van der Waals surface area contributed by atoms with Crippen molar-refractivity contribution in [2.45, 2.75) is 0 Å². The number of rotatable bonds is 4. The second-order valence-corrected chi connectivity index (χ2v) is 6.22. The summed E-state index contributed by atoms with van der Waals surface area (Å²) in [6.45, 7) is 0. The van der Waals surface area contributed by atoms with Gasteiger partial charge in [-0.3, -0.25) is 4.98 Å². The molecule has 0 amide bonds. The van der Waals surface area contributed by atoms with Crippen molar-refractivity contribution in [2.75, 3.05) is 5.32 Å². The van der Waals surface area contributed by atoms with E-state index < -0.39 is 0 Å². The van der Waals surface area contributed by atoms with E-state index in [4.69, 9.17) is 11.6 Å². The minimum Gasteiger partial charge on any atom is -0.337 e. The zero-order valence-electron chi connectivity index (χ0n) is 13.9. The third-order valence-electron chi connectivity index (χ3n) is 4.00.